The van der Waals surface area contributed by atoms with Crippen LogP contribution in [-0.2, 0) is 36.5 Å². The number of carbonyl (C=O) groups is 2. The Morgan fingerprint density at radius 3 is 2.70 bits per heavy atom. The van der Waals surface area contributed by atoms with Gasteiger partial charge in [0, 0.05) is 50.6 Å². The molecule has 2 N–H and O–H groups in total. The molecule has 0 saturated heterocycles. The Bertz CT molecular complexity index is 1670. The van der Waals surface area contributed by atoms with E-state index >= 15 is 0 Å². The molecule has 2 aliphatic rings. The molecule has 1 aliphatic carbocycles. The molecule has 0 spiro atoms. The first-order valence-corrected chi connectivity index (χ1v) is 15.2. The quantitative estimate of drug-likeness (QED) is 0.178. The highest BCUT2D eigenvalue weighted by Crippen LogP contribution is 2.52. The number of amides is 2. The van der Waals surface area contributed by atoms with Gasteiger partial charge in [0.1, 0.15) is 12.2 Å². The van der Waals surface area contributed by atoms with E-state index in [1.54, 1.807) is 18.5 Å². The highest BCUT2D eigenvalue weighted by molar-refractivity contribution is 6.10. The van der Waals surface area contributed by atoms with Crippen molar-refractivity contribution in [1.82, 2.24) is 30.3 Å². The van der Waals surface area contributed by atoms with Gasteiger partial charge in [-0.25, -0.2) is 0 Å². The molecule has 0 bridgehead atoms. The smallest absolute Gasteiger partial charge is 0.351 e. The van der Waals surface area contributed by atoms with E-state index in [1.165, 1.54) is 17.0 Å². The summed E-state index contributed by atoms with van der Waals surface area (Å²) in [7, 11) is 3.73. The summed E-state index contributed by atoms with van der Waals surface area (Å²) >= 11 is 0. The maximum atomic E-state index is 14.3. The van der Waals surface area contributed by atoms with Crippen LogP contribution in [0.4, 0.5) is 18.9 Å². The SMILES string of the molecule is C#CCN(C)C/C=C/C(=O)NCCNCc1cc2c(c(C(F)(F)F)c1)CN(c1cccc(C3(c4nncn4C)CC(C)C3)c1)C2=O. The Kier molecular flexibility index (Phi) is 9.65. The molecule has 2 amide bonds. The lowest BCUT2D eigenvalue weighted by atomic mass is 9.58. The number of nitrogens with one attached hydrogen (secondary N) is 2. The molecular formula is C34H38F3N7O2. The van der Waals surface area contributed by atoms with Crippen molar-refractivity contribution < 1.29 is 22.8 Å². The molecule has 0 atom stereocenters. The Labute approximate surface area is 266 Å². The fourth-order valence-corrected chi connectivity index (χ4v) is 6.52. The van der Waals surface area contributed by atoms with Gasteiger partial charge >= 0.3 is 6.18 Å². The molecule has 1 fully saturated rings. The van der Waals surface area contributed by atoms with Crippen molar-refractivity contribution in [3.63, 3.8) is 0 Å². The number of likely N-dealkylation sites (N-methyl/N-ethyl adjacent to an activating group) is 1. The van der Waals surface area contributed by atoms with Crippen LogP contribution in [0.2, 0.25) is 0 Å². The maximum Gasteiger partial charge on any atom is 0.416 e. The zero-order valence-corrected chi connectivity index (χ0v) is 26.2. The van der Waals surface area contributed by atoms with Crippen LogP contribution in [0.25, 0.3) is 0 Å². The molecule has 3 aromatic rings. The second-order valence-corrected chi connectivity index (χ2v) is 12.2. The highest BCUT2D eigenvalue weighted by Gasteiger charge is 2.48. The van der Waals surface area contributed by atoms with Crippen LogP contribution in [0.3, 0.4) is 0 Å². The van der Waals surface area contributed by atoms with Crippen LogP contribution >= 0.6 is 0 Å². The molecule has 1 saturated carbocycles. The Morgan fingerprint density at radius 1 is 1.24 bits per heavy atom. The summed E-state index contributed by atoms with van der Waals surface area (Å²) in [6.07, 6.45) is 7.11. The number of hydrogen-bond acceptors (Lipinski definition) is 6. The fraction of sp³-hybridized carbons (Fsp3) is 0.412. The zero-order chi connectivity index (χ0) is 33.1. The number of nitrogens with zero attached hydrogens (tertiary/aromatic N) is 5. The monoisotopic (exact) mass is 633 g/mol. The number of terminal acetylenes is 1. The van der Waals surface area contributed by atoms with Crippen molar-refractivity contribution in [2.75, 3.05) is 38.1 Å². The first-order chi connectivity index (χ1) is 21.9. The summed E-state index contributed by atoms with van der Waals surface area (Å²) in [6.45, 7) is 3.69. The third-order valence-corrected chi connectivity index (χ3v) is 8.63. The normalized spacial score (nSPS) is 19.4. The van der Waals surface area contributed by atoms with Gasteiger partial charge in [0.25, 0.3) is 5.91 Å². The van der Waals surface area contributed by atoms with Gasteiger partial charge in [-0.2, -0.15) is 13.2 Å². The van der Waals surface area contributed by atoms with Crippen molar-refractivity contribution in [2.24, 2.45) is 13.0 Å². The lowest BCUT2D eigenvalue weighted by molar-refractivity contribution is -0.138. The van der Waals surface area contributed by atoms with Gasteiger partial charge in [0.05, 0.1) is 24.1 Å². The largest absolute Gasteiger partial charge is 0.416 e. The average Bonchev–Trinajstić information content (AvgIpc) is 3.57. The molecular weight excluding hydrogens is 595 g/mol. The van der Waals surface area contributed by atoms with E-state index in [0.717, 1.165) is 30.3 Å². The molecule has 5 rings (SSSR count). The number of hydrogen-bond donors (Lipinski definition) is 2. The predicted octanol–water partition coefficient (Wildman–Crippen LogP) is 4.04. The molecule has 9 nitrogen and oxygen atoms in total. The van der Waals surface area contributed by atoms with Gasteiger partial charge in [-0.3, -0.25) is 14.5 Å². The minimum absolute atomic E-state index is 0.0288. The lowest BCUT2D eigenvalue weighted by Gasteiger charge is -2.46. The molecule has 0 unspecified atom stereocenters. The number of rotatable bonds is 12. The summed E-state index contributed by atoms with van der Waals surface area (Å²) in [4.78, 5) is 29.0. The Hall–Kier alpha value is -4.47. The van der Waals surface area contributed by atoms with Crippen molar-refractivity contribution in [2.45, 2.75) is 44.4 Å². The van der Waals surface area contributed by atoms with Crippen LogP contribution in [0.15, 0.2) is 54.9 Å². The number of aromatic nitrogens is 3. The molecule has 2 aromatic carbocycles. The van der Waals surface area contributed by atoms with Gasteiger partial charge in [-0.1, -0.05) is 31.1 Å². The number of halogens is 3. The van der Waals surface area contributed by atoms with E-state index in [0.29, 0.717) is 36.8 Å². The Morgan fingerprint density at radius 2 is 2.02 bits per heavy atom. The first kappa shape index (κ1) is 32.9. The molecule has 242 valence electrons. The molecule has 0 radical (unpaired) electrons. The minimum atomic E-state index is -4.63. The second kappa shape index (κ2) is 13.5. The highest BCUT2D eigenvalue weighted by atomic mass is 19.4. The van der Waals surface area contributed by atoms with Gasteiger partial charge in [-0.15, -0.1) is 16.6 Å². The van der Waals surface area contributed by atoms with Crippen LogP contribution in [-0.4, -0.2) is 64.7 Å². The molecule has 1 aliphatic heterocycles. The van der Waals surface area contributed by atoms with Crippen molar-refractivity contribution in [3.8, 4) is 12.3 Å². The van der Waals surface area contributed by atoms with Crippen molar-refractivity contribution in [3.05, 3.63) is 88.5 Å². The molecule has 1 aromatic heterocycles. The van der Waals surface area contributed by atoms with E-state index in [-0.39, 0.29) is 42.1 Å². The van der Waals surface area contributed by atoms with Crippen LogP contribution in [0, 0.1) is 18.3 Å². The topological polar surface area (TPSA) is 95.4 Å². The zero-order valence-electron chi connectivity index (χ0n) is 26.2. The average molecular weight is 634 g/mol. The number of benzene rings is 2. The summed E-state index contributed by atoms with van der Waals surface area (Å²) in [5, 5.41) is 14.2. The van der Waals surface area contributed by atoms with Crippen LogP contribution in [0.5, 0.6) is 0 Å². The number of carbonyl (C=O) groups excluding carboxylic acids is 2. The third-order valence-electron chi connectivity index (χ3n) is 8.63. The number of alkyl halides is 3. The summed E-state index contributed by atoms with van der Waals surface area (Å²) in [6, 6.07) is 10.1. The minimum Gasteiger partial charge on any atom is -0.351 e. The van der Waals surface area contributed by atoms with Crippen molar-refractivity contribution >= 4 is 17.5 Å². The molecule has 46 heavy (non-hydrogen) atoms. The number of aryl methyl sites for hydroxylation is 1. The standard InChI is InChI=1S/C34H38F3N7O2/c1-5-13-42(3)14-7-10-30(45)39-12-11-38-20-24-15-27-28(29(16-24)34(35,36)37)21-44(31(27)46)26-9-6-8-25(17-26)33(18-23(2)19-33)32-41-40-22-43(32)4/h1,6-10,15-17,22-23,38H,11-14,18-21H2,2-4H3,(H,39,45)/b10-7+. The summed E-state index contributed by atoms with van der Waals surface area (Å²) in [5.41, 5.74) is 0.668. The second-order valence-electron chi connectivity index (χ2n) is 12.2. The van der Waals surface area contributed by atoms with Crippen molar-refractivity contribution in [1.29, 1.82) is 0 Å². The predicted molar refractivity (Wildman–Crippen MR) is 169 cm³/mol. The van der Waals surface area contributed by atoms with E-state index in [4.69, 9.17) is 6.42 Å². The number of anilines is 1. The van der Waals surface area contributed by atoms with E-state index in [2.05, 4.69) is 33.7 Å². The third kappa shape index (κ3) is 6.85. The van der Waals surface area contributed by atoms with Crippen LogP contribution in [0.1, 0.15) is 58.2 Å². The summed E-state index contributed by atoms with van der Waals surface area (Å²) < 4.78 is 44.7. The fourth-order valence-electron chi connectivity index (χ4n) is 6.52. The van der Waals surface area contributed by atoms with Gasteiger partial charge in [-0.05, 0) is 66.8 Å². The number of fused-ring (bicyclic) bond motifs is 1. The van der Waals surface area contributed by atoms with E-state index < -0.39 is 17.6 Å². The lowest BCUT2D eigenvalue weighted by Crippen LogP contribution is -2.43. The van der Waals surface area contributed by atoms with E-state index in [9.17, 15) is 22.8 Å². The first-order valence-electron chi connectivity index (χ1n) is 15.2. The van der Waals surface area contributed by atoms with Gasteiger partial charge in [0.2, 0.25) is 5.91 Å². The Balaban J connectivity index is 1.28. The summed E-state index contributed by atoms with van der Waals surface area (Å²) in [5.74, 6) is 3.07. The van der Waals surface area contributed by atoms with Crippen LogP contribution < -0.4 is 15.5 Å². The van der Waals surface area contributed by atoms with Gasteiger partial charge < -0.3 is 20.1 Å². The molecule has 12 heteroatoms. The maximum absolute atomic E-state index is 14.3. The van der Waals surface area contributed by atoms with E-state index in [1.807, 2.05) is 41.8 Å². The molecule has 2 heterocycles. The van der Waals surface area contributed by atoms with Gasteiger partial charge in [0.15, 0.2) is 0 Å².